The minimum Gasteiger partial charge on any atom is -0.496 e. The molecule has 0 heterocycles. The fourth-order valence-corrected chi connectivity index (χ4v) is 1.53. The third-order valence-corrected chi connectivity index (χ3v) is 2.25. The number of nitriles is 1. The standard InChI is InChI=1S/C12H16N2O/c1-10-8-11(4-5-12(10)15-3)9-14(2)7-6-13/h4-5,8H,7,9H2,1-3H3. The predicted octanol–water partition coefficient (Wildman–Crippen LogP) is 1.96. The molecule has 0 aliphatic rings. The molecule has 0 N–H and O–H groups in total. The van der Waals surface area contributed by atoms with Gasteiger partial charge in [-0.3, -0.25) is 4.90 Å². The number of benzene rings is 1. The van der Waals surface area contributed by atoms with Crippen LogP contribution in [-0.2, 0) is 6.54 Å². The quantitative estimate of drug-likeness (QED) is 0.703. The van der Waals surface area contributed by atoms with Gasteiger partial charge in [0, 0.05) is 6.54 Å². The molecule has 1 rings (SSSR count). The SMILES string of the molecule is COc1ccc(CN(C)CC#N)cc1C. The Morgan fingerprint density at radius 1 is 1.47 bits per heavy atom. The third-order valence-electron chi connectivity index (χ3n) is 2.25. The Kier molecular flexibility index (Phi) is 4.14. The molecule has 0 amide bonds. The van der Waals surface area contributed by atoms with Crippen molar-refractivity contribution in [2.24, 2.45) is 0 Å². The molecule has 0 spiro atoms. The second-order valence-electron chi connectivity index (χ2n) is 3.63. The monoisotopic (exact) mass is 204 g/mol. The Balaban J connectivity index is 2.72. The van der Waals surface area contributed by atoms with Crippen molar-refractivity contribution in [3.05, 3.63) is 29.3 Å². The van der Waals surface area contributed by atoms with Gasteiger partial charge < -0.3 is 4.74 Å². The van der Waals surface area contributed by atoms with E-state index in [0.29, 0.717) is 6.54 Å². The first-order valence-corrected chi connectivity index (χ1v) is 4.86. The first-order valence-electron chi connectivity index (χ1n) is 4.86. The normalized spacial score (nSPS) is 10.1. The predicted molar refractivity (Wildman–Crippen MR) is 59.7 cm³/mol. The molecular formula is C12H16N2O. The van der Waals surface area contributed by atoms with E-state index in [2.05, 4.69) is 12.1 Å². The number of hydrogen-bond acceptors (Lipinski definition) is 3. The van der Waals surface area contributed by atoms with Gasteiger partial charge in [0.2, 0.25) is 0 Å². The number of aryl methyl sites for hydroxylation is 1. The van der Waals surface area contributed by atoms with Crippen molar-refractivity contribution in [2.45, 2.75) is 13.5 Å². The van der Waals surface area contributed by atoms with Crippen LogP contribution >= 0.6 is 0 Å². The van der Waals surface area contributed by atoms with Crippen molar-refractivity contribution < 1.29 is 4.74 Å². The summed E-state index contributed by atoms with van der Waals surface area (Å²) in [5, 5.41) is 8.54. The molecule has 1 aromatic carbocycles. The highest BCUT2D eigenvalue weighted by atomic mass is 16.5. The van der Waals surface area contributed by atoms with Gasteiger partial charge in [0.25, 0.3) is 0 Å². The Hall–Kier alpha value is -1.53. The van der Waals surface area contributed by atoms with Crippen LogP contribution in [-0.4, -0.2) is 25.6 Å². The fourth-order valence-electron chi connectivity index (χ4n) is 1.53. The number of ether oxygens (including phenoxy) is 1. The first kappa shape index (κ1) is 11.5. The molecule has 0 saturated heterocycles. The zero-order valence-corrected chi connectivity index (χ0v) is 9.45. The van der Waals surface area contributed by atoms with Crippen molar-refractivity contribution in [2.75, 3.05) is 20.7 Å². The summed E-state index contributed by atoms with van der Waals surface area (Å²) < 4.78 is 5.19. The van der Waals surface area contributed by atoms with Crippen LogP contribution in [0.1, 0.15) is 11.1 Å². The van der Waals surface area contributed by atoms with Gasteiger partial charge in [0.05, 0.1) is 19.7 Å². The summed E-state index contributed by atoms with van der Waals surface area (Å²) in [6.45, 7) is 3.26. The van der Waals surface area contributed by atoms with Gasteiger partial charge in [-0.2, -0.15) is 5.26 Å². The average Bonchev–Trinajstić information content (AvgIpc) is 2.18. The highest BCUT2D eigenvalue weighted by molar-refractivity contribution is 5.36. The largest absolute Gasteiger partial charge is 0.496 e. The maximum absolute atomic E-state index is 8.54. The van der Waals surface area contributed by atoms with E-state index in [1.54, 1.807) is 7.11 Å². The van der Waals surface area contributed by atoms with Gasteiger partial charge in [0.15, 0.2) is 0 Å². The summed E-state index contributed by atoms with van der Waals surface area (Å²) in [4.78, 5) is 1.97. The van der Waals surface area contributed by atoms with Gasteiger partial charge in [-0.05, 0) is 31.2 Å². The van der Waals surface area contributed by atoms with Crippen LogP contribution in [0.5, 0.6) is 5.75 Å². The lowest BCUT2D eigenvalue weighted by molar-refractivity contribution is 0.366. The van der Waals surface area contributed by atoms with Crippen LogP contribution in [0.4, 0.5) is 0 Å². The van der Waals surface area contributed by atoms with Gasteiger partial charge in [-0.1, -0.05) is 12.1 Å². The van der Waals surface area contributed by atoms with Gasteiger partial charge in [0.1, 0.15) is 5.75 Å². The first-order chi connectivity index (χ1) is 7.17. The summed E-state index contributed by atoms with van der Waals surface area (Å²) in [5.41, 5.74) is 2.33. The molecule has 0 unspecified atom stereocenters. The minimum atomic E-state index is 0.449. The Bertz CT molecular complexity index is 368. The van der Waals surface area contributed by atoms with E-state index in [1.165, 1.54) is 5.56 Å². The van der Waals surface area contributed by atoms with Crippen LogP contribution in [0.2, 0.25) is 0 Å². The third kappa shape index (κ3) is 3.26. The van der Waals surface area contributed by atoms with Crippen LogP contribution in [0, 0.1) is 18.3 Å². The van der Waals surface area contributed by atoms with E-state index in [9.17, 15) is 0 Å². The lowest BCUT2D eigenvalue weighted by atomic mass is 10.1. The lowest BCUT2D eigenvalue weighted by Gasteiger charge is -2.13. The molecule has 0 saturated carbocycles. The molecule has 15 heavy (non-hydrogen) atoms. The van der Waals surface area contributed by atoms with Gasteiger partial charge in [-0.15, -0.1) is 0 Å². The van der Waals surface area contributed by atoms with Crippen LogP contribution in [0.3, 0.4) is 0 Å². The van der Waals surface area contributed by atoms with Crippen LogP contribution in [0.25, 0.3) is 0 Å². The zero-order valence-electron chi connectivity index (χ0n) is 9.45. The maximum Gasteiger partial charge on any atom is 0.121 e. The minimum absolute atomic E-state index is 0.449. The van der Waals surface area contributed by atoms with Crippen molar-refractivity contribution >= 4 is 0 Å². The Labute approximate surface area is 90.9 Å². The molecule has 80 valence electrons. The molecule has 0 aliphatic carbocycles. The summed E-state index contributed by atoms with van der Waals surface area (Å²) in [6.07, 6.45) is 0. The van der Waals surface area contributed by atoms with E-state index < -0.39 is 0 Å². The van der Waals surface area contributed by atoms with Crippen LogP contribution < -0.4 is 4.74 Å². The Morgan fingerprint density at radius 3 is 2.73 bits per heavy atom. The highest BCUT2D eigenvalue weighted by Crippen LogP contribution is 2.18. The molecule has 0 aromatic heterocycles. The number of methoxy groups -OCH3 is 1. The maximum atomic E-state index is 8.54. The average molecular weight is 204 g/mol. The molecular weight excluding hydrogens is 188 g/mol. The summed E-state index contributed by atoms with van der Waals surface area (Å²) in [5.74, 6) is 0.904. The second kappa shape index (κ2) is 5.38. The molecule has 0 fully saturated rings. The van der Waals surface area contributed by atoms with Crippen molar-refractivity contribution in [1.29, 1.82) is 5.26 Å². The Morgan fingerprint density at radius 2 is 2.20 bits per heavy atom. The highest BCUT2D eigenvalue weighted by Gasteiger charge is 2.02. The molecule has 0 bridgehead atoms. The molecule has 0 atom stereocenters. The number of rotatable bonds is 4. The summed E-state index contributed by atoms with van der Waals surface area (Å²) in [6, 6.07) is 8.21. The van der Waals surface area contributed by atoms with Gasteiger partial charge in [-0.25, -0.2) is 0 Å². The molecule has 3 heteroatoms. The molecule has 0 aliphatic heterocycles. The van der Waals surface area contributed by atoms with E-state index in [1.807, 2.05) is 31.0 Å². The summed E-state index contributed by atoms with van der Waals surface area (Å²) >= 11 is 0. The van der Waals surface area contributed by atoms with Crippen molar-refractivity contribution in [3.8, 4) is 11.8 Å². The van der Waals surface area contributed by atoms with E-state index in [0.717, 1.165) is 17.9 Å². The lowest BCUT2D eigenvalue weighted by Crippen LogP contribution is -2.17. The smallest absolute Gasteiger partial charge is 0.121 e. The van der Waals surface area contributed by atoms with Crippen molar-refractivity contribution in [1.82, 2.24) is 4.90 Å². The fraction of sp³-hybridized carbons (Fsp3) is 0.417. The molecule has 3 nitrogen and oxygen atoms in total. The van der Waals surface area contributed by atoms with E-state index in [-0.39, 0.29) is 0 Å². The number of hydrogen-bond donors (Lipinski definition) is 0. The van der Waals surface area contributed by atoms with Gasteiger partial charge >= 0.3 is 0 Å². The van der Waals surface area contributed by atoms with Crippen LogP contribution in [0.15, 0.2) is 18.2 Å². The molecule has 0 radical (unpaired) electrons. The van der Waals surface area contributed by atoms with E-state index >= 15 is 0 Å². The molecule has 1 aromatic rings. The summed E-state index contributed by atoms with van der Waals surface area (Å²) in [7, 11) is 3.60. The topological polar surface area (TPSA) is 36.3 Å². The number of nitrogens with zero attached hydrogens (tertiary/aromatic N) is 2. The van der Waals surface area contributed by atoms with E-state index in [4.69, 9.17) is 10.00 Å². The zero-order chi connectivity index (χ0) is 11.3. The second-order valence-corrected chi connectivity index (χ2v) is 3.63. The van der Waals surface area contributed by atoms with Crippen molar-refractivity contribution in [3.63, 3.8) is 0 Å².